The van der Waals surface area contributed by atoms with Gasteiger partial charge in [0.2, 0.25) is 6.29 Å². The van der Waals surface area contributed by atoms with Gasteiger partial charge in [0.1, 0.15) is 36.8 Å². The Balaban J connectivity index is 1.53. The second-order valence-electron chi connectivity index (χ2n) is 5.35. The van der Waals surface area contributed by atoms with Gasteiger partial charge in [-0.3, -0.25) is 0 Å². The maximum Gasteiger partial charge on any atom is 0.218 e. The van der Waals surface area contributed by atoms with E-state index in [1.165, 1.54) is 0 Å². The van der Waals surface area contributed by atoms with Crippen molar-refractivity contribution in [2.45, 2.75) is 43.6 Å². The molecule has 0 N–H and O–H groups in total. The number of hydrogen-bond donors (Lipinski definition) is 0. The van der Waals surface area contributed by atoms with E-state index >= 15 is 0 Å². The van der Waals surface area contributed by atoms with Gasteiger partial charge in [-0.1, -0.05) is 0 Å². The molecule has 7 heteroatoms. The average Bonchev–Trinajstić information content (AvgIpc) is 3.18. The van der Waals surface area contributed by atoms with Gasteiger partial charge in [-0.05, 0) is 12.1 Å². The van der Waals surface area contributed by atoms with E-state index in [4.69, 9.17) is 32.8 Å². The van der Waals surface area contributed by atoms with Crippen LogP contribution in [0, 0.1) is 0 Å². The second-order valence-corrected chi connectivity index (χ2v) is 5.35. The Morgan fingerprint density at radius 1 is 1.14 bits per heavy atom. The van der Waals surface area contributed by atoms with Crippen LogP contribution in [0.5, 0.6) is 0 Å². The highest BCUT2D eigenvalue weighted by Gasteiger charge is 2.57. The normalized spacial score (nSPS) is 41.4. The smallest absolute Gasteiger partial charge is 0.218 e. The molecular weight excluding hydrogens is 280 g/mol. The molecule has 0 aliphatic carbocycles. The van der Waals surface area contributed by atoms with Crippen LogP contribution in [0.2, 0.25) is 0 Å². The summed E-state index contributed by atoms with van der Waals surface area (Å²) in [4.78, 5) is 0. The fourth-order valence-electron chi connectivity index (χ4n) is 3.10. The van der Waals surface area contributed by atoms with Gasteiger partial charge in [0.15, 0.2) is 12.1 Å². The fourth-order valence-corrected chi connectivity index (χ4v) is 3.10. The molecule has 1 aromatic heterocycles. The Morgan fingerprint density at radius 3 is 2.81 bits per heavy atom. The van der Waals surface area contributed by atoms with E-state index in [9.17, 15) is 0 Å². The molecule has 0 saturated carbocycles. The molecule has 3 aliphatic heterocycles. The van der Waals surface area contributed by atoms with Gasteiger partial charge in [-0.2, -0.15) is 0 Å². The number of fused-ring (bicyclic) bond motifs is 4. The highest BCUT2D eigenvalue weighted by molar-refractivity contribution is 5.10. The summed E-state index contributed by atoms with van der Waals surface area (Å²) < 4.78 is 39.4. The topological polar surface area (TPSA) is 68.5 Å². The molecule has 3 saturated heterocycles. The van der Waals surface area contributed by atoms with Gasteiger partial charge < -0.3 is 32.8 Å². The zero-order valence-electron chi connectivity index (χ0n) is 11.9. The molecule has 21 heavy (non-hydrogen) atoms. The highest BCUT2D eigenvalue weighted by atomic mass is 16.8. The third kappa shape index (κ3) is 2.21. The summed E-state index contributed by atoms with van der Waals surface area (Å²) in [5, 5.41) is 0. The lowest BCUT2D eigenvalue weighted by Crippen LogP contribution is -2.52. The molecule has 6 atom stereocenters. The van der Waals surface area contributed by atoms with Crippen molar-refractivity contribution in [2.24, 2.45) is 0 Å². The molecule has 0 aromatic carbocycles. The standard InChI is InChI=1S/C14H18O7/c1-15-5-7-3-4-8(18-7)13-20-10-9-6-17-14(19-9)12(16-2)11(10)21-13/h3-4,9-14H,5-6H2,1-2H3/t9-,10+,11+,12-,13?,14-/m1/s1. The van der Waals surface area contributed by atoms with Crippen molar-refractivity contribution in [1.82, 2.24) is 0 Å². The minimum absolute atomic E-state index is 0.121. The molecular formula is C14H18O7. The summed E-state index contributed by atoms with van der Waals surface area (Å²) in [6.45, 7) is 0.913. The molecule has 3 fully saturated rings. The molecule has 2 bridgehead atoms. The Hall–Kier alpha value is -0.960. The lowest BCUT2D eigenvalue weighted by atomic mass is 10.0. The van der Waals surface area contributed by atoms with E-state index in [-0.39, 0.29) is 30.7 Å². The van der Waals surface area contributed by atoms with Crippen molar-refractivity contribution in [3.63, 3.8) is 0 Å². The molecule has 4 heterocycles. The van der Waals surface area contributed by atoms with Gasteiger partial charge in [-0.25, -0.2) is 0 Å². The van der Waals surface area contributed by atoms with Crippen LogP contribution in [0.15, 0.2) is 16.5 Å². The maximum atomic E-state index is 5.99. The minimum Gasteiger partial charge on any atom is -0.458 e. The molecule has 116 valence electrons. The van der Waals surface area contributed by atoms with Crippen LogP contribution in [0.3, 0.4) is 0 Å². The highest BCUT2D eigenvalue weighted by Crippen LogP contribution is 2.42. The van der Waals surface area contributed by atoms with Crippen LogP contribution in [-0.2, 0) is 35.0 Å². The van der Waals surface area contributed by atoms with Crippen molar-refractivity contribution >= 4 is 0 Å². The van der Waals surface area contributed by atoms with E-state index in [2.05, 4.69) is 0 Å². The molecule has 1 aromatic rings. The number of furan rings is 1. The largest absolute Gasteiger partial charge is 0.458 e. The first-order valence-electron chi connectivity index (χ1n) is 6.98. The molecule has 0 amide bonds. The van der Waals surface area contributed by atoms with Crippen molar-refractivity contribution in [3.05, 3.63) is 23.7 Å². The monoisotopic (exact) mass is 298 g/mol. The van der Waals surface area contributed by atoms with Crippen LogP contribution in [-0.4, -0.2) is 51.5 Å². The molecule has 0 radical (unpaired) electrons. The predicted octanol–water partition coefficient (Wildman–Crippen LogP) is 0.979. The van der Waals surface area contributed by atoms with Crippen molar-refractivity contribution < 1.29 is 32.8 Å². The van der Waals surface area contributed by atoms with E-state index < -0.39 is 6.29 Å². The third-order valence-corrected chi connectivity index (χ3v) is 4.05. The maximum absolute atomic E-state index is 5.99. The van der Waals surface area contributed by atoms with E-state index in [1.54, 1.807) is 14.2 Å². The quantitative estimate of drug-likeness (QED) is 0.820. The summed E-state index contributed by atoms with van der Waals surface area (Å²) >= 11 is 0. The van der Waals surface area contributed by atoms with Gasteiger partial charge in [-0.15, -0.1) is 0 Å². The lowest BCUT2D eigenvalue weighted by Gasteiger charge is -2.33. The molecule has 0 spiro atoms. The van der Waals surface area contributed by atoms with Crippen LogP contribution in [0.1, 0.15) is 17.8 Å². The van der Waals surface area contributed by atoms with Crippen molar-refractivity contribution in [2.75, 3.05) is 20.8 Å². The molecule has 1 unspecified atom stereocenters. The summed E-state index contributed by atoms with van der Waals surface area (Å²) in [6, 6.07) is 3.70. The number of rotatable bonds is 4. The lowest BCUT2D eigenvalue weighted by molar-refractivity contribution is -0.211. The van der Waals surface area contributed by atoms with Crippen LogP contribution < -0.4 is 0 Å². The van der Waals surface area contributed by atoms with Gasteiger partial charge >= 0.3 is 0 Å². The minimum atomic E-state index is -0.550. The average molecular weight is 298 g/mol. The Labute approximate surface area is 122 Å². The van der Waals surface area contributed by atoms with E-state index in [0.29, 0.717) is 19.0 Å². The summed E-state index contributed by atoms with van der Waals surface area (Å²) in [6.07, 6.45) is -1.79. The molecule has 4 rings (SSSR count). The Morgan fingerprint density at radius 2 is 2.00 bits per heavy atom. The van der Waals surface area contributed by atoms with Gasteiger partial charge in [0.25, 0.3) is 0 Å². The summed E-state index contributed by atoms with van der Waals surface area (Å²) in [5.41, 5.74) is 0. The third-order valence-electron chi connectivity index (χ3n) is 4.05. The molecule has 3 aliphatic rings. The van der Waals surface area contributed by atoms with E-state index in [0.717, 1.165) is 5.76 Å². The molecule has 7 nitrogen and oxygen atoms in total. The van der Waals surface area contributed by atoms with Crippen LogP contribution in [0.25, 0.3) is 0 Å². The predicted molar refractivity (Wildman–Crippen MR) is 67.3 cm³/mol. The van der Waals surface area contributed by atoms with Crippen molar-refractivity contribution in [1.29, 1.82) is 0 Å². The first-order chi connectivity index (χ1) is 10.3. The zero-order chi connectivity index (χ0) is 14.4. The zero-order valence-corrected chi connectivity index (χ0v) is 11.9. The SMILES string of the molecule is COCc1ccc(C2O[C@H]3[C@@H](O2)[C@H]2CO[C@H](O2)[C@@H]3OC)o1. The Kier molecular flexibility index (Phi) is 3.49. The number of hydrogen-bond acceptors (Lipinski definition) is 7. The van der Waals surface area contributed by atoms with Gasteiger partial charge in [0.05, 0.1) is 6.61 Å². The summed E-state index contributed by atoms with van der Waals surface area (Å²) in [5.74, 6) is 1.36. The summed E-state index contributed by atoms with van der Waals surface area (Å²) in [7, 11) is 3.24. The Bertz CT molecular complexity index is 501. The number of ether oxygens (including phenoxy) is 6. The van der Waals surface area contributed by atoms with E-state index in [1.807, 2.05) is 12.1 Å². The van der Waals surface area contributed by atoms with Gasteiger partial charge in [0, 0.05) is 14.2 Å². The second kappa shape index (κ2) is 5.35. The first kappa shape index (κ1) is 13.7. The first-order valence-corrected chi connectivity index (χ1v) is 6.98. The van der Waals surface area contributed by atoms with Crippen LogP contribution >= 0.6 is 0 Å². The van der Waals surface area contributed by atoms with Crippen LogP contribution in [0.4, 0.5) is 0 Å². The van der Waals surface area contributed by atoms with Crippen molar-refractivity contribution in [3.8, 4) is 0 Å². The number of methoxy groups -OCH3 is 2. The fraction of sp³-hybridized carbons (Fsp3) is 0.714.